The second-order valence-electron chi connectivity index (χ2n) is 9.19. The fourth-order valence-corrected chi connectivity index (χ4v) is 4.22. The normalized spacial score (nSPS) is 13.4. The molecule has 35 heavy (non-hydrogen) atoms. The number of benzene rings is 2. The van der Waals surface area contributed by atoms with Crippen LogP contribution in [0.15, 0.2) is 48.5 Å². The SMILES string of the molecule is CCOC(=O)C(C)(C)NC(=O)[C@H](N)CCCCNC(=O)OCC1c2ccccc2-c2ccccc21. The third-order valence-electron chi connectivity index (χ3n) is 6.11. The lowest BCUT2D eigenvalue weighted by molar-refractivity contribution is -0.151. The largest absolute Gasteiger partial charge is 0.464 e. The number of hydrogen-bond acceptors (Lipinski definition) is 6. The van der Waals surface area contributed by atoms with Gasteiger partial charge in [-0.05, 0) is 62.3 Å². The van der Waals surface area contributed by atoms with Gasteiger partial charge >= 0.3 is 12.1 Å². The van der Waals surface area contributed by atoms with Crippen molar-refractivity contribution in [1.82, 2.24) is 10.6 Å². The summed E-state index contributed by atoms with van der Waals surface area (Å²) < 4.78 is 10.5. The summed E-state index contributed by atoms with van der Waals surface area (Å²) in [7, 11) is 0. The van der Waals surface area contributed by atoms with Crippen molar-refractivity contribution in [1.29, 1.82) is 0 Å². The van der Waals surface area contributed by atoms with E-state index < -0.39 is 29.6 Å². The quantitative estimate of drug-likeness (QED) is 0.334. The van der Waals surface area contributed by atoms with E-state index in [4.69, 9.17) is 15.2 Å². The van der Waals surface area contributed by atoms with Crippen molar-refractivity contribution in [2.24, 2.45) is 5.73 Å². The lowest BCUT2D eigenvalue weighted by Gasteiger charge is -2.25. The summed E-state index contributed by atoms with van der Waals surface area (Å²) in [4.78, 5) is 36.4. The molecule has 4 N–H and O–H groups in total. The molecule has 2 amide bonds. The van der Waals surface area contributed by atoms with Gasteiger partial charge in [0, 0.05) is 12.5 Å². The van der Waals surface area contributed by atoms with E-state index in [9.17, 15) is 14.4 Å². The monoisotopic (exact) mass is 481 g/mol. The van der Waals surface area contributed by atoms with Crippen molar-refractivity contribution >= 4 is 18.0 Å². The Morgan fingerprint density at radius 1 is 0.971 bits per heavy atom. The van der Waals surface area contributed by atoms with Gasteiger partial charge in [-0.15, -0.1) is 0 Å². The summed E-state index contributed by atoms with van der Waals surface area (Å²) >= 11 is 0. The van der Waals surface area contributed by atoms with Gasteiger partial charge < -0.3 is 25.8 Å². The average Bonchev–Trinajstić information content (AvgIpc) is 3.16. The smallest absolute Gasteiger partial charge is 0.407 e. The highest BCUT2D eigenvalue weighted by molar-refractivity contribution is 5.89. The van der Waals surface area contributed by atoms with E-state index in [1.165, 1.54) is 22.3 Å². The average molecular weight is 482 g/mol. The Balaban J connectivity index is 1.36. The van der Waals surface area contributed by atoms with Crippen LogP contribution in [-0.2, 0) is 19.1 Å². The maximum atomic E-state index is 12.3. The van der Waals surface area contributed by atoms with Gasteiger partial charge in [0.25, 0.3) is 0 Å². The van der Waals surface area contributed by atoms with Crippen molar-refractivity contribution in [2.45, 2.75) is 57.5 Å². The van der Waals surface area contributed by atoms with Crippen molar-refractivity contribution in [3.05, 3.63) is 59.7 Å². The highest BCUT2D eigenvalue weighted by atomic mass is 16.5. The van der Waals surface area contributed by atoms with E-state index in [2.05, 4.69) is 34.9 Å². The third-order valence-corrected chi connectivity index (χ3v) is 6.11. The molecule has 0 spiro atoms. The van der Waals surface area contributed by atoms with Gasteiger partial charge in [-0.2, -0.15) is 0 Å². The summed E-state index contributed by atoms with van der Waals surface area (Å²) in [6.45, 7) is 5.78. The fourth-order valence-electron chi connectivity index (χ4n) is 4.22. The molecular formula is C27H35N3O5. The highest BCUT2D eigenvalue weighted by Gasteiger charge is 2.32. The van der Waals surface area contributed by atoms with E-state index in [0.717, 1.165) is 0 Å². The Morgan fingerprint density at radius 2 is 1.57 bits per heavy atom. The number of rotatable bonds is 11. The molecule has 0 aromatic heterocycles. The maximum absolute atomic E-state index is 12.3. The molecule has 0 saturated carbocycles. The van der Waals surface area contributed by atoms with Crippen LogP contribution in [0.3, 0.4) is 0 Å². The first-order valence-corrected chi connectivity index (χ1v) is 12.1. The van der Waals surface area contributed by atoms with Gasteiger partial charge in [0.1, 0.15) is 12.1 Å². The molecule has 188 valence electrons. The highest BCUT2D eigenvalue weighted by Crippen LogP contribution is 2.44. The molecule has 0 saturated heterocycles. The Morgan fingerprint density at radius 3 is 2.17 bits per heavy atom. The van der Waals surface area contributed by atoms with Gasteiger partial charge in [0.15, 0.2) is 0 Å². The minimum atomic E-state index is -1.14. The van der Waals surface area contributed by atoms with Crippen LogP contribution in [0.4, 0.5) is 4.79 Å². The standard InChI is InChI=1S/C27H35N3O5/c1-4-34-25(32)27(2,3)30-24(31)23(28)15-9-10-16-29-26(33)35-17-22-20-13-7-5-11-18(20)19-12-6-8-14-21(19)22/h5-8,11-14,22-23H,4,9-10,15-17,28H2,1-3H3,(H,29,33)(H,30,31)/t23-/m1/s1. The van der Waals surface area contributed by atoms with Crippen LogP contribution < -0.4 is 16.4 Å². The van der Waals surface area contributed by atoms with Crippen molar-refractivity contribution in [2.75, 3.05) is 19.8 Å². The minimum absolute atomic E-state index is 0.0171. The van der Waals surface area contributed by atoms with Crippen LogP contribution in [0.1, 0.15) is 57.1 Å². The lowest BCUT2D eigenvalue weighted by Crippen LogP contribution is -2.55. The molecule has 0 bridgehead atoms. The third kappa shape index (κ3) is 6.60. The summed E-state index contributed by atoms with van der Waals surface area (Å²) in [5.41, 5.74) is 9.52. The Hall–Kier alpha value is -3.39. The van der Waals surface area contributed by atoms with E-state index >= 15 is 0 Å². The van der Waals surface area contributed by atoms with Crippen LogP contribution in [0, 0.1) is 0 Å². The number of fused-ring (bicyclic) bond motifs is 3. The van der Waals surface area contributed by atoms with Crippen LogP contribution in [0.2, 0.25) is 0 Å². The molecule has 0 unspecified atom stereocenters. The van der Waals surface area contributed by atoms with E-state index in [0.29, 0.717) is 25.8 Å². The van der Waals surface area contributed by atoms with Crippen molar-refractivity contribution in [3.8, 4) is 11.1 Å². The number of unbranched alkanes of at least 4 members (excludes halogenated alkanes) is 1. The molecule has 0 heterocycles. The zero-order valence-corrected chi connectivity index (χ0v) is 20.6. The molecule has 3 rings (SSSR count). The molecule has 0 fully saturated rings. The summed E-state index contributed by atoms with van der Waals surface area (Å²) in [5.74, 6) is -0.899. The van der Waals surface area contributed by atoms with Gasteiger partial charge in [-0.1, -0.05) is 48.5 Å². The predicted octanol–water partition coefficient (Wildman–Crippen LogP) is 3.48. The Labute approximate surface area is 206 Å². The van der Waals surface area contributed by atoms with E-state index in [1.807, 2.05) is 24.3 Å². The summed E-state index contributed by atoms with van der Waals surface area (Å²) in [6.07, 6.45) is 1.24. The first-order valence-electron chi connectivity index (χ1n) is 12.1. The van der Waals surface area contributed by atoms with Crippen LogP contribution in [0.25, 0.3) is 11.1 Å². The number of nitrogens with one attached hydrogen (secondary N) is 2. The summed E-state index contributed by atoms with van der Waals surface area (Å²) in [6, 6.07) is 15.6. The van der Waals surface area contributed by atoms with Gasteiger partial charge in [0.2, 0.25) is 5.91 Å². The van der Waals surface area contributed by atoms with Crippen LogP contribution in [0.5, 0.6) is 0 Å². The molecule has 8 heteroatoms. The molecule has 1 aliphatic rings. The number of alkyl carbamates (subject to hydrolysis) is 1. The molecule has 1 aliphatic carbocycles. The number of esters is 1. The first-order chi connectivity index (χ1) is 16.7. The molecular weight excluding hydrogens is 446 g/mol. The lowest BCUT2D eigenvalue weighted by atomic mass is 9.98. The number of carbonyl (C=O) groups is 3. The first kappa shape index (κ1) is 26.2. The zero-order valence-electron chi connectivity index (χ0n) is 20.6. The second-order valence-corrected chi connectivity index (χ2v) is 9.19. The molecule has 0 radical (unpaired) electrons. The fraction of sp³-hybridized carbons (Fsp3) is 0.444. The van der Waals surface area contributed by atoms with Crippen LogP contribution in [-0.4, -0.2) is 49.3 Å². The number of ether oxygens (including phenoxy) is 2. The second kappa shape index (κ2) is 11.8. The minimum Gasteiger partial charge on any atom is -0.464 e. The van der Waals surface area contributed by atoms with E-state index in [-0.39, 0.29) is 19.1 Å². The van der Waals surface area contributed by atoms with Crippen LogP contribution >= 0.6 is 0 Å². The molecule has 0 aliphatic heterocycles. The molecule has 2 aromatic rings. The number of carbonyl (C=O) groups excluding carboxylic acids is 3. The van der Waals surface area contributed by atoms with Crippen molar-refractivity contribution in [3.63, 3.8) is 0 Å². The molecule has 2 aromatic carbocycles. The van der Waals surface area contributed by atoms with Crippen molar-refractivity contribution < 1.29 is 23.9 Å². The van der Waals surface area contributed by atoms with E-state index in [1.54, 1.807) is 20.8 Å². The number of amides is 2. The Kier molecular flexibility index (Phi) is 8.87. The Bertz CT molecular complexity index is 1010. The molecule has 8 nitrogen and oxygen atoms in total. The zero-order chi connectivity index (χ0) is 25.4. The predicted molar refractivity (Wildman–Crippen MR) is 134 cm³/mol. The molecule has 1 atom stereocenters. The maximum Gasteiger partial charge on any atom is 0.407 e. The summed E-state index contributed by atoms with van der Waals surface area (Å²) in [5, 5.41) is 5.39. The number of hydrogen-bond donors (Lipinski definition) is 3. The van der Waals surface area contributed by atoms with Gasteiger partial charge in [-0.25, -0.2) is 9.59 Å². The van der Waals surface area contributed by atoms with Gasteiger partial charge in [0.05, 0.1) is 12.6 Å². The van der Waals surface area contributed by atoms with Gasteiger partial charge in [-0.3, -0.25) is 4.79 Å². The number of nitrogens with two attached hydrogens (primary N) is 1. The topological polar surface area (TPSA) is 120 Å².